The zero-order chi connectivity index (χ0) is 14.4. The van der Waals surface area contributed by atoms with E-state index < -0.39 is 0 Å². The fourth-order valence-corrected chi connectivity index (χ4v) is 2.12. The van der Waals surface area contributed by atoms with E-state index in [1.54, 1.807) is 12.1 Å². The van der Waals surface area contributed by atoms with E-state index in [1.165, 1.54) is 6.07 Å². The molecule has 2 unspecified atom stereocenters. The first-order valence-corrected chi connectivity index (χ1v) is 6.97. The highest BCUT2D eigenvalue weighted by molar-refractivity contribution is 5.78. The molecule has 1 rings (SSSR count). The van der Waals surface area contributed by atoms with Crippen molar-refractivity contribution in [2.75, 3.05) is 0 Å². The quantitative estimate of drug-likeness (QED) is 0.783. The van der Waals surface area contributed by atoms with Gasteiger partial charge in [0.1, 0.15) is 17.3 Å². The summed E-state index contributed by atoms with van der Waals surface area (Å²) in [6.45, 7) is 6.17. The summed E-state index contributed by atoms with van der Waals surface area (Å²) in [6, 6.07) is 4.62. The first-order valence-electron chi connectivity index (χ1n) is 6.97. The van der Waals surface area contributed by atoms with Crippen LogP contribution in [0.3, 0.4) is 0 Å². The van der Waals surface area contributed by atoms with E-state index in [0.29, 0.717) is 24.5 Å². The van der Waals surface area contributed by atoms with E-state index in [-0.39, 0.29) is 17.4 Å². The molecule has 0 amide bonds. The van der Waals surface area contributed by atoms with Gasteiger partial charge in [0.15, 0.2) is 0 Å². The summed E-state index contributed by atoms with van der Waals surface area (Å²) >= 11 is 0. The van der Waals surface area contributed by atoms with Crippen LogP contribution in [0.15, 0.2) is 18.2 Å². The molecule has 0 radical (unpaired) electrons. The molecule has 0 spiro atoms. The molecule has 0 saturated heterocycles. The molecule has 2 N–H and O–H groups in total. The second kappa shape index (κ2) is 7.17. The second-order valence-corrected chi connectivity index (χ2v) is 5.44. The van der Waals surface area contributed by atoms with Gasteiger partial charge in [-0.1, -0.05) is 33.3 Å². The van der Waals surface area contributed by atoms with Gasteiger partial charge in [0.2, 0.25) is 0 Å². The third kappa shape index (κ3) is 4.93. The van der Waals surface area contributed by atoms with E-state index in [2.05, 4.69) is 13.8 Å². The molecule has 0 aliphatic carbocycles. The van der Waals surface area contributed by atoms with Gasteiger partial charge in [0.05, 0.1) is 0 Å². The highest BCUT2D eigenvalue weighted by Crippen LogP contribution is 2.31. The van der Waals surface area contributed by atoms with Crippen LogP contribution in [0.1, 0.15) is 57.9 Å². The van der Waals surface area contributed by atoms with Gasteiger partial charge in [-0.15, -0.1) is 0 Å². The number of rotatable bonds is 7. The first-order chi connectivity index (χ1) is 8.93. The number of hydrogen-bond donors (Lipinski definition) is 2. The van der Waals surface area contributed by atoms with Crippen LogP contribution in [0.25, 0.3) is 0 Å². The minimum absolute atomic E-state index is 0.0568. The number of phenolic OH excluding ortho intramolecular Hbond substituents is 2. The number of hydrogen-bond acceptors (Lipinski definition) is 3. The van der Waals surface area contributed by atoms with Crippen LogP contribution in [-0.4, -0.2) is 16.0 Å². The van der Waals surface area contributed by atoms with Crippen LogP contribution in [-0.2, 0) is 4.79 Å². The molecule has 1 aromatic carbocycles. The lowest BCUT2D eigenvalue weighted by Crippen LogP contribution is -2.06. The van der Waals surface area contributed by atoms with Crippen molar-refractivity contribution < 1.29 is 15.0 Å². The van der Waals surface area contributed by atoms with E-state index in [1.807, 2.05) is 6.92 Å². The Balaban J connectivity index is 2.51. The number of carbonyl (C=O) groups is 1. The molecule has 3 nitrogen and oxygen atoms in total. The lowest BCUT2D eigenvalue weighted by Gasteiger charge is -2.14. The van der Waals surface area contributed by atoms with Crippen LogP contribution in [0.5, 0.6) is 11.5 Å². The van der Waals surface area contributed by atoms with Crippen molar-refractivity contribution in [2.24, 2.45) is 5.92 Å². The molecular formula is C16H24O3. The van der Waals surface area contributed by atoms with Gasteiger partial charge < -0.3 is 10.2 Å². The predicted octanol–water partition coefficient (Wildman–Crippen LogP) is 3.99. The molecule has 0 aliphatic heterocycles. The summed E-state index contributed by atoms with van der Waals surface area (Å²) in [5.41, 5.74) is 0.786. The van der Waals surface area contributed by atoms with Crippen LogP contribution in [0.4, 0.5) is 0 Å². The van der Waals surface area contributed by atoms with Gasteiger partial charge in [-0.05, 0) is 29.9 Å². The van der Waals surface area contributed by atoms with Crippen LogP contribution in [0, 0.1) is 5.92 Å². The molecule has 0 saturated carbocycles. The molecule has 1 aromatic rings. The molecule has 3 heteroatoms. The smallest absolute Gasteiger partial charge is 0.133 e. The Bertz CT molecular complexity index is 426. The summed E-state index contributed by atoms with van der Waals surface area (Å²) in [7, 11) is 0. The highest BCUT2D eigenvalue weighted by Gasteiger charge is 2.14. The number of benzene rings is 1. The summed E-state index contributed by atoms with van der Waals surface area (Å²) in [6.07, 6.45) is 2.95. The van der Waals surface area contributed by atoms with Gasteiger partial charge in [-0.25, -0.2) is 0 Å². The summed E-state index contributed by atoms with van der Waals surface area (Å²) in [5, 5.41) is 19.0. The molecule has 0 heterocycles. The molecule has 19 heavy (non-hydrogen) atoms. The Labute approximate surface area is 115 Å². The number of Topliss-reactive ketones (excluding diaryl/α,β-unsaturated/α-hetero) is 1. The third-order valence-corrected chi connectivity index (χ3v) is 3.67. The number of phenols is 2. The van der Waals surface area contributed by atoms with Gasteiger partial charge in [0.25, 0.3) is 0 Å². The Morgan fingerprint density at radius 2 is 1.95 bits per heavy atom. The van der Waals surface area contributed by atoms with Crippen molar-refractivity contribution in [1.82, 2.24) is 0 Å². The molecule has 0 bridgehead atoms. The summed E-state index contributed by atoms with van der Waals surface area (Å²) < 4.78 is 0. The monoisotopic (exact) mass is 264 g/mol. The van der Waals surface area contributed by atoms with Crippen molar-refractivity contribution in [3.05, 3.63) is 23.8 Å². The maximum atomic E-state index is 11.8. The number of ketones is 1. The van der Waals surface area contributed by atoms with Gasteiger partial charge >= 0.3 is 0 Å². The zero-order valence-electron chi connectivity index (χ0n) is 12.0. The Kier molecular flexibility index (Phi) is 5.87. The normalized spacial score (nSPS) is 14.1. The average molecular weight is 264 g/mol. The van der Waals surface area contributed by atoms with Gasteiger partial charge in [-0.2, -0.15) is 0 Å². The molecule has 0 aliphatic rings. The van der Waals surface area contributed by atoms with E-state index in [0.717, 1.165) is 18.4 Å². The third-order valence-electron chi connectivity index (χ3n) is 3.67. The lowest BCUT2D eigenvalue weighted by molar-refractivity contribution is -0.120. The van der Waals surface area contributed by atoms with Crippen molar-refractivity contribution in [3.8, 4) is 11.5 Å². The molecule has 2 atom stereocenters. The minimum atomic E-state index is 0.0568. The standard InChI is InChI=1S/C16H24O3/c1-4-11(2)9-13(17)6-5-12(3)15-8-7-14(18)10-16(15)19/h7-8,10-12,18-19H,4-6,9H2,1-3H3. The van der Waals surface area contributed by atoms with E-state index in [9.17, 15) is 15.0 Å². The summed E-state index contributed by atoms with van der Waals surface area (Å²) in [5.74, 6) is 1.01. The first kappa shape index (κ1) is 15.5. The average Bonchev–Trinajstić information content (AvgIpc) is 2.35. The van der Waals surface area contributed by atoms with Crippen molar-refractivity contribution in [3.63, 3.8) is 0 Å². The van der Waals surface area contributed by atoms with Crippen LogP contribution < -0.4 is 0 Å². The fraction of sp³-hybridized carbons (Fsp3) is 0.562. The highest BCUT2D eigenvalue weighted by atomic mass is 16.3. The van der Waals surface area contributed by atoms with Crippen molar-refractivity contribution in [2.45, 2.75) is 52.4 Å². The second-order valence-electron chi connectivity index (χ2n) is 5.44. The largest absolute Gasteiger partial charge is 0.508 e. The lowest BCUT2D eigenvalue weighted by atomic mass is 9.92. The molecular weight excluding hydrogens is 240 g/mol. The molecule has 0 fully saturated rings. The Morgan fingerprint density at radius 3 is 2.53 bits per heavy atom. The van der Waals surface area contributed by atoms with Crippen molar-refractivity contribution in [1.29, 1.82) is 0 Å². The zero-order valence-corrected chi connectivity index (χ0v) is 12.0. The Morgan fingerprint density at radius 1 is 1.26 bits per heavy atom. The van der Waals surface area contributed by atoms with Gasteiger partial charge in [-0.3, -0.25) is 4.79 Å². The van der Waals surface area contributed by atoms with E-state index in [4.69, 9.17) is 0 Å². The van der Waals surface area contributed by atoms with Gasteiger partial charge in [0, 0.05) is 18.9 Å². The molecule has 106 valence electrons. The minimum Gasteiger partial charge on any atom is -0.508 e. The maximum absolute atomic E-state index is 11.8. The number of carbonyl (C=O) groups excluding carboxylic acids is 1. The molecule has 0 aromatic heterocycles. The SMILES string of the molecule is CCC(C)CC(=O)CCC(C)c1ccc(O)cc1O. The topological polar surface area (TPSA) is 57.5 Å². The predicted molar refractivity (Wildman–Crippen MR) is 76.5 cm³/mol. The van der Waals surface area contributed by atoms with Crippen LogP contribution >= 0.6 is 0 Å². The van der Waals surface area contributed by atoms with E-state index >= 15 is 0 Å². The van der Waals surface area contributed by atoms with Crippen molar-refractivity contribution >= 4 is 5.78 Å². The summed E-state index contributed by atoms with van der Waals surface area (Å²) in [4.78, 5) is 11.8. The Hall–Kier alpha value is -1.51. The number of aromatic hydroxyl groups is 2. The fourth-order valence-electron chi connectivity index (χ4n) is 2.12. The maximum Gasteiger partial charge on any atom is 0.133 e. The van der Waals surface area contributed by atoms with Crippen LogP contribution in [0.2, 0.25) is 0 Å².